The smallest absolute Gasteiger partial charge is 0.224 e. The van der Waals surface area contributed by atoms with E-state index in [-0.39, 0.29) is 5.91 Å². The summed E-state index contributed by atoms with van der Waals surface area (Å²) in [6.45, 7) is 3.72. The highest BCUT2D eigenvalue weighted by molar-refractivity contribution is 5.76. The lowest BCUT2D eigenvalue weighted by molar-refractivity contribution is -0.135. The Labute approximate surface area is 149 Å². The van der Waals surface area contributed by atoms with Gasteiger partial charge in [-0.15, -0.1) is 0 Å². The molecule has 1 aliphatic heterocycles. The molecule has 1 aliphatic rings. The number of aromatic nitrogens is 4. The lowest BCUT2D eigenvalue weighted by Crippen LogP contribution is -2.44. The van der Waals surface area contributed by atoms with E-state index in [0.717, 1.165) is 56.8 Å². The van der Waals surface area contributed by atoms with Crippen LogP contribution in [0.15, 0.2) is 24.8 Å². The summed E-state index contributed by atoms with van der Waals surface area (Å²) >= 11 is 0. The molecule has 1 amide bonds. The average molecular weight is 343 g/mol. The molecule has 0 N–H and O–H groups in total. The van der Waals surface area contributed by atoms with Gasteiger partial charge >= 0.3 is 0 Å². The average Bonchev–Trinajstić information content (AvgIpc) is 3.26. The molecular formula is C19H29N5O. The molecular weight excluding hydrogens is 314 g/mol. The molecule has 2 aromatic rings. The van der Waals surface area contributed by atoms with Gasteiger partial charge in [-0.25, -0.2) is 9.97 Å². The van der Waals surface area contributed by atoms with E-state index in [4.69, 9.17) is 0 Å². The summed E-state index contributed by atoms with van der Waals surface area (Å²) in [5.41, 5.74) is 0. The quantitative estimate of drug-likeness (QED) is 0.776. The first-order valence-electron chi connectivity index (χ1n) is 9.44. The minimum Gasteiger partial charge on any atom is -0.340 e. The van der Waals surface area contributed by atoms with Crippen LogP contribution in [0.1, 0.15) is 50.7 Å². The van der Waals surface area contributed by atoms with Gasteiger partial charge in [0, 0.05) is 70.2 Å². The molecule has 136 valence electrons. The van der Waals surface area contributed by atoms with Gasteiger partial charge in [0.15, 0.2) is 0 Å². The van der Waals surface area contributed by atoms with Gasteiger partial charge in [-0.3, -0.25) is 4.79 Å². The number of piperidine rings is 1. The van der Waals surface area contributed by atoms with E-state index >= 15 is 0 Å². The summed E-state index contributed by atoms with van der Waals surface area (Å²) in [4.78, 5) is 23.7. The zero-order valence-electron chi connectivity index (χ0n) is 15.4. The Balaban J connectivity index is 1.56. The van der Waals surface area contributed by atoms with Gasteiger partial charge in [-0.1, -0.05) is 6.92 Å². The Morgan fingerprint density at radius 3 is 2.76 bits per heavy atom. The molecule has 6 nitrogen and oxygen atoms in total. The number of amides is 1. The Kier molecular flexibility index (Phi) is 5.89. The molecule has 25 heavy (non-hydrogen) atoms. The Morgan fingerprint density at radius 1 is 1.20 bits per heavy atom. The second-order valence-electron chi connectivity index (χ2n) is 6.87. The molecule has 2 aromatic heterocycles. The van der Waals surface area contributed by atoms with Crippen molar-refractivity contribution in [3.63, 3.8) is 0 Å². The molecule has 1 atom stereocenters. The molecule has 0 bridgehead atoms. The lowest BCUT2D eigenvalue weighted by Gasteiger charge is -2.36. The number of hydrogen-bond acceptors (Lipinski definition) is 3. The molecule has 0 unspecified atom stereocenters. The largest absolute Gasteiger partial charge is 0.340 e. The topological polar surface area (TPSA) is 56.0 Å². The third-order valence-corrected chi connectivity index (χ3v) is 5.25. The fourth-order valence-corrected chi connectivity index (χ4v) is 3.78. The molecule has 1 saturated heterocycles. The van der Waals surface area contributed by atoms with Crippen molar-refractivity contribution in [2.45, 2.75) is 64.5 Å². The summed E-state index contributed by atoms with van der Waals surface area (Å²) in [6, 6.07) is 0.353. The molecule has 0 spiro atoms. The van der Waals surface area contributed by atoms with Crippen molar-refractivity contribution in [2.75, 3.05) is 6.54 Å². The summed E-state index contributed by atoms with van der Waals surface area (Å²) in [7, 11) is 2.03. The number of aryl methyl sites for hydroxylation is 4. The third kappa shape index (κ3) is 4.30. The van der Waals surface area contributed by atoms with E-state index in [9.17, 15) is 4.79 Å². The summed E-state index contributed by atoms with van der Waals surface area (Å²) in [6.07, 6.45) is 14.5. The second kappa shape index (κ2) is 8.32. The fourth-order valence-electron chi connectivity index (χ4n) is 3.78. The van der Waals surface area contributed by atoms with Crippen LogP contribution in [0.4, 0.5) is 0 Å². The zero-order chi connectivity index (χ0) is 17.6. The Hall–Kier alpha value is -2.11. The summed E-state index contributed by atoms with van der Waals surface area (Å²) < 4.78 is 4.17. The maximum atomic E-state index is 12.8. The lowest BCUT2D eigenvalue weighted by atomic mass is 9.97. The Bertz CT molecular complexity index is 690. The molecule has 0 aliphatic carbocycles. The fraction of sp³-hybridized carbons (Fsp3) is 0.632. The summed E-state index contributed by atoms with van der Waals surface area (Å²) in [5, 5.41) is 0. The number of carbonyl (C=O) groups is 1. The van der Waals surface area contributed by atoms with Crippen LogP contribution < -0.4 is 0 Å². The van der Waals surface area contributed by atoms with Crippen molar-refractivity contribution in [3.8, 4) is 0 Å². The predicted octanol–water partition coefficient (Wildman–Crippen LogP) is 2.58. The van der Waals surface area contributed by atoms with Crippen LogP contribution in [-0.2, 0) is 31.2 Å². The maximum absolute atomic E-state index is 12.8. The van der Waals surface area contributed by atoms with Crippen LogP contribution >= 0.6 is 0 Å². The number of carbonyl (C=O) groups excluding carboxylic acids is 1. The molecule has 1 fully saturated rings. The van der Waals surface area contributed by atoms with Crippen molar-refractivity contribution >= 4 is 5.91 Å². The van der Waals surface area contributed by atoms with E-state index in [1.54, 1.807) is 0 Å². The first-order valence-corrected chi connectivity index (χ1v) is 9.44. The van der Waals surface area contributed by atoms with Crippen LogP contribution in [0.2, 0.25) is 0 Å². The monoisotopic (exact) mass is 343 g/mol. The zero-order valence-corrected chi connectivity index (χ0v) is 15.4. The van der Waals surface area contributed by atoms with E-state index < -0.39 is 0 Å². The van der Waals surface area contributed by atoms with Crippen LogP contribution in [0.3, 0.4) is 0 Å². The van der Waals surface area contributed by atoms with Gasteiger partial charge in [0.1, 0.15) is 11.6 Å². The predicted molar refractivity (Wildman–Crippen MR) is 97.1 cm³/mol. The van der Waals surface area contributed by atoms with Gasteiger partial charge in [-0.2, -0.15) is 0 Å². The van der Waals surface area contributed by atoms with Crippen LogP contribution in [0.5, 0.6) is 0 Å². The first kappa shape index (κ1) is 17.7. The second-order valence-corrected chi connectivity index (χ2v) is 6.87. The molecule has 0 aromatic carbocycles. The van der Waals surface area contributed by atoms with Crippen LogP contribution in [-0.4, -0.2) is 42.5 Å². The first-order chi connectivity index (χ1) is 12.2. The van der Waals surface area contributed by atoms with Crippen molar-refractivity contribution < 1.29 is 4.79 Å². The summed E-state index contributed by atoms with van der Waals surface area (Å²) in [5.74, 6) is 2.43. The van der Waals surface area contributed by atoms with Gasteiger partial charge < -0.3 is 14.0 Å². The van der Waals surface area contributed by atoms with Crippen LogP contribution in [0, 0.1) is 0 Å². The van der Waals surface area contributed by atoms with Crippen molar-refractivity contribution in [2.24, 2.45) is 7.05 Å². The molecule has 3 rings (SSSR count). The Morgan fingerprint density at radius 2 is 2.00 bits per heavy atom. The SMILES string of the molecule is CCc1nccn1CCC(=O)N1CCCC[C@H]1CCc1nccn1C. The van der Waals surface area contributed by atoms with Gasteiger partial charge in [0.25, 0.3) is 0 Å². The number of likely N-dealkylation sites (tertiary alicyclic amines) is 1. The highest BCUT2D eigenvalue weighted by atomic mass is 16.2. The highest BCUT2D eigenvalue weighted by Gasteiger charge is 2.26. The number of hydrogen-bond donors (Lipinski definition) is 0. The van der Waals surface area contributed by atoms with E-state index in [1.165, 1.54) is 6.42 Å². The minimum atomic E-state index is 0.278. The third-order valence-electron chi connectivity index (χ3n) is 5.25. The van der Waals surface area contributed by atoms with Gasteiger partial charge in [0.05, 0.1) is 0 Å². The minimum absolute atomic E-state index is 0.278. The normalized spacial score (nSPS) is 17.8. The van der Waals surface area contributed by atoms with Gasteiger partial charge in [0.2, 0.25) is 5.91 Å². The van der Waals surface area contributed by atoms with Crippen molar-refractivity contribution in [3.05, 3.63) is 36.4 Å². The number of imidazole rings is 2. The number of rotatable bonds is 7. The standard InChI is InChI=1S/C19H29N5O/c1-3-17-20-11-15-23(17)13-9-19(25)24-12-5-4-6-16(24)7-8-18-21-10-14-22(18)2/h10-11,14-16H,3-9,12-13H2,1-2H3/t16-/m0/s1. The van der Waals surface area contributed by atoms with E-state index in [1.807, 2.05) is 31.8 Å². The van der Waals surface area contributed by atoms with Crippen molar-refractivity contribution in [1.29, 1.82) is 0 Å². The highest BCUT2D eigenvalue weighted by Crippen LogP contribution is 2.22. The number of nitrogens with zero attached hydrogens (tertiary/aromatic N) is 5. The van der Waals surface area contributed by atoms with Crippen LogP contribution in [0.25, 0.3) is 0 Å². The van der Waals surface area contributed by atoms with Gasteiger partial charge in [-0.05, 0) is 25.7 Å². The van der Waals surface area contributed by atoms with E-state index in [0.29, 0.717) is 12.5 Å². The maximum Gasteiger partial charge on any atom is 0.224 e. The molecule has 0 saturated carbocycles. The molecule has 0 radical (unpaired) electrons. The molecule has 6 heteroatoms. The van der Waals surface area contributed by atoms with Crippen molar-refractivity contribution in [1.82, 2.24) is 24.0 Å². The molecule has 3 heterocycles. The van der Waals surface area contributed by atoms with E-state index in [2.05, 4.69) is 30.9 Å².